The maximum Gasteiger partial charge on any atom is 0.330 e. The van der Waals surface area contributed by atoms with Crippen molar-refractivity contribution >= 4 is 15.9 Å². The fraction of sp³-hybridized carbons (Fsp3) is 0.556. The fourth-order valence-corrected chi connectivity index (χ4v) is 1.76. The van der Waals surface area contributed by atoms with Crippen molar-refractivity contribution < 1.29 is 25.5 Å². The topological polar surface area (TPSA) is 125 Å². The van der Waals surface area contributed by atoms with Crippen molar-refractivity contribution in [3.8, 4) is 0 Å². The average Bonchev–Trinajstić information content (AvgIpc) is 2.51. The molecule has 1 saturated heterocycles. The standard InChI is InChI=1S/C9H11BrN2O6/c10-3-1-12(9(17)11-7(3)16)8-6(15)5(14)4(2-13)18-8/h1,4-6,8,13-15H,2H2,(H,11,16,17)/t4-,5-,6-,8-/m1/s1/i2D2,5D,6D. The highest BCUT2D eigenvalue weighted by molar-refractivity contribution is 9.10. The molecule has 9 heteroatoms. The Morgan fingerprint density at radius 2 is 2.22 bits per heavy atom. The highest BCUT2D eigenvalue weighted by Gasteiger charge is 2.43. The van der Waals surface area contributed by atoms with Gasteiger partial charge in [0.1, 0.15) is 18.3 Å². The van der Waals surface area contributed by atoms with Crippen LogP contribution in [0.4, 0.5) is 0 Å². The van der Waals surface area contributed by atoms with Crippen LogP contribution in [0.3, 0.4) is 0 Å². The quantitative estimate of drug-likeness (QED) is 0.494. The first-order valence-corrected chi connectivity index (χ1v) is 5.43. The molecule has 0 unspecified atom stereocenters. The number of hydrogen-bond acceptors (Lipinski definition) is 6. The Hall–Kier alpha value is -1.00. The van der Waals surface area contributed by atoms with E-state index in [1.165, 1.54) is 0 Å². The highest BCUT2D eigenvalue weighted by atomic mass is 79.9. The number of halogens is 1. The second kappa shape index (κ2) is 4.94. The van der Waals surface area contributed by atoms with Crippen LogP contribution in [0.5, 0.6) is 0 Å². The van der Waals surface area contributed by atoms with Gasteiger partial charge < -0.3 is 20.1 Å². The maximum absolute atomic E-state index is 11.7. The second-order valence-electron chi connectivity index (χ2n) is 3.41. The largest absolute Gasteiger partial charge is 0.394 e. The molecule has 0 aliphatic carbocycles. The van der Waals surface area contributed by atoms with Gasteiger partial charge in [0.05, 0.1) is 16.5 Å². The number of ether oxygens (including phenoxy) is 1. The van der Waals surface area contributed by atoms with Gasteiger partial charge in [0.15, 0.2) is 6.23 Å². The van der Waals surface area contributed by atoms with Gasteiger partial charge in [-0.2, -0.15) is 0 Å². The first kappa shape index (κ1) is 8.99. The van der Waals surface area contributed by atoms with Crippen molar-refractivity contribution in [2.45, 2.75) is 24.5 Å². The zero-order valence-electron chi connectivity index (χ0n) is 12.6. The van der Waals surface area contributed by atoms with Gasteiger partial charge in [-0.1, -0.05) is 0 Å². The lowest BCUT2D eigenvalue weighted by Crippen LogP contribution is -2.38. The monoisotopic (exact) mass is 326 g/mol. The maximum atomic E-state index is 11.7. The predicted octanol–water partition coefficient (Wildman–Crippen LogP) is -2.09. The van der Waals surface area contributed by atoms with Crippen LogP contribution in [-0.4, -0.2) is 49.7 Å². The van der Waals surface area contributed by atoms with Crippen LogP contribution >= 0.6 is 15.9 Å². The summed E-state index contributed by atoms with van der Waals surface area (Å²) in [6, 6.07) is 0. The van der Waals surface area contributed by atoms with Crippen molar-refractivity contribution in [1.82, 2.24) is 9.55 Å². The van der Waals surface area contributed by atoms with Crippen LogP contribution < -0.4 is 11.2 Å². The summed E-state index contributed by atoms with van der Waals surface area (Å²) in [5, 5.41) is 29.2. The normalized spacial score (nSPS) is 44.0. The summed E-state index contributed by atoms with van der Waals surface area (Å²) in [6.07, 6.45) is -10.1. The zero-order valence-corrected chi connectivity index (χ0v) is 10.2. The molecular formula is C9H11BrN2O6. The van der Waals surface area contributed by atoms with E-state index in [0.717, 1.165) is 6.20 Å². The molecule has 0 saturated carbocycles. The Morgan fingerprint density at radius 3 is 2.78 bits per heavy atom. The van der Waals surface area contributed by atoms with Gasteiger partial charge >= 0.3 is 5.69 Å². The number of aliphatic hydroxyl groups is 3. The molecule has 18 heavy (non-hydrogen) atoms. The van der Waals surface area contributed by atoms with E-state index >= 15 is 0 Å². The van der Waals surface area contributed by atoms with E-state index < -0.39 is 42.3 Å². The minimum absolute atomic E-state index is 0.171. The Kier molecular flexibility index (Phi) is 2.47. The van der Waals surface area contributed by atoms with Crippen LogP contribution in [0.25, 0.3) is 0 Å². The molecule has 100 valence electrons. The van der Waals surface area contributed by atoms with Crippen LogP contribution in [0.1, 0.15) is 11.7 Å². The minimum Gasteiger partial charge on any atom is -0.394 e. The molecule has 0 amide bonds. The number of H-pyrrole nitrogens is 1. The van der Waals surface area contributed by atoms with Gasteiger partial charge in [0.25, 0.3) is 5.56 Å². The molecule has 0 radical (unpaired) electrons. The molecule has 1 aromatic rings. The average molecular weight is 327 g/mol. The lowest BCUT2D eigenvalue weighted by Gasteiger charge is -2.17. The van der Waals surface area contributed by atoms with E-state index in [1.54, 1.807) is 0 Å². The zero-order chi connectivity index (χ0) is 17.1. The molecule has 0 spiro atoms. The van der Waals surface area contributed by atoms with Crippen LogP contribution in [0.15, 0.2) is 20.3 Å². The van der Waals surface area contributed by atoms with Gasteiger partial charge in [-0.15, -0.1) is 0 Å². The summed E-state index contributed by atoms with van der Waals surface area (Å²) in [5.74, 6) is 0. The number of hydrogen-bond donors (Lipinski definition) is 4. The van der Waals surface area contributed by atoms with Crippen LogP contribution in [0.2, 0.25) is 0 Å². The molecule has 0 bridgehead atoms. The van der Waals surface area contributed by atoms with Crippen molar-refractivity contribution in [3.63, 3.8) is 0 Å². The van der Waals surface area contributed by atoms with Crippen molar-refractivity contribution in [1.29, 1.82) is 0 Å². The van der Waals surface area contributed by atoms with E-state index in [9.17, 15) is 24.9 Å². The van der Waals surface area contributed by atoms with Gasteiger partial charge in [-0.25, -0.2) is 4.79 Å². The molecule has 1 aliphatic rings. The number of aromatic amines is 1. The third-order valence-corrected chi connectivity index (χ3v) is 2.87. The van der Waals surface area contributed by atoms with E-state index in [1.807, 2.05) is 4.98 Å². The van der Waals surface area contributed by atoms with Crippen molar-refractivity contribution in [2.75, 3.05) is 6.56 Å². The summed E-state index contributed by atoms with van der Waals surface area (Å²) in [6.45, 7) is -3.27. The Bertz CT molecular complexity index is 711. The summed E-state index contributed by atoms with van der Waals surface area (Å²) in [7, 11) is 0. The molecule has 4 atom stereocenters. The van der Waals surface area contributed by atoms with Gasteiger partial charge in [-0.3, -0.25) is 14.3 Å². The Morgan fingerprint density at radius 1 is 1.56 bits per heavy atom. The molecule has 4 N–H and O–H groups in total. The van der Waals surface area contributed by atoms with E-state index in [2.05, 4.69) is 15.9 Å². The number of nitrogens with one attached hydrogen (secondary N) is 1. The number of nitrogens with zero attached hydrogens (tertiary/aromatic N) is 1. The summed E-state index contributed by atoms with van der Waals surface area (Å²) in [5.41, 5.74) is -1.93. The predicted molar refractivity (Wildman–Crippen MR) is 62.0 cm³/mol. The lowest BCUT2D eigenvalue weighted by atomic mass is 10.1. The van der Waals surface area contributed by atoms with E-state index in [-0.39, 0.29) is 4.47 Å². The van der Waals surface area contributed by atoms with E-state index in [0.29, 0.717) is 4.57 Å². The van der Waals surface area contributed by atoms with Gasteiger partial charge in [-0.05, 0) is 15.9 Å². The number of aromatic nitrogens is 2. The van der Waals surface area contributed by atoms with Crippen LogP contribution in [-0.2, 0) is 4.74 Å². The fourth-order valence-electron chi connectivity index (χ4n) is 1.44. The Labute approximate surface area is 114 Å². The summed E-state index contributed by atoms with van der Waals surface area (Å²) >= 11 is 2.81. The van der Waals surface area contributed by atoms with Gasteiger partial charge in [0, 0.05) is 6.20 Å². The summed E-state index contributed by atoms with van der Waals surface area (Å²) in [4.78, 5) is 24.8. The molecule has 1 fully saturated rings. The third kappa shape index (κ3) is 2.15. The summed E-state index contributed by atoms with van der Waals surface area (Å²) < 4.78 is 34.6. The van der Waals surface area contributed by atoms with E-state index in [4.69, 9.17) is 10.2 Å². The SMILES string of the molecule is [2H]C([2H])(O)[C@H]1O[C@@H](n2cc(Br)c(=O)[nH]c2=O)[C@]([2H])(O)[C@]1([2H])O. The molecule has 8 nitrogen and oxygen atoms in total. The third-order valence-electron chi connectivity index (χ3n) is 2.30. The molecule has 1 aliphatic heterocycles. The first-order valence-electron chi connectivity index (χ1n) is 6.63. The van der Waals surface area contributed by atoms with Crippen molar-refractivity contribution in [3.05, 3.63) is 31.5 Å². The van der Waals surface area contributed by atoms with Gasteiger partial charge in [0.2, 0.25) is 0 Å². The first-order chi connectivity index (χ1) is 9.80. The lowest BCUT2D eigenvalue weighted by molar-refractivity contribution is -0.0551. The molecule has 0 aromatic carbocycles. The molecule has 2 heterocycles. The smallest absolute Gasteiger partial charge is 0.330 e. The number of rotatable bonds is 2. The second-order valence-corrected chi connectivity index (χ2v) is 4.27. The molecular weight excluding hydrogens is 312 g/mol. The minimum atomic E-state index is -3.29. The highest BCUT2D eigenvalue weighted by Crippen LogP contribution is 2.28. The molecule has 1 aromatic heterocycles. The van der Waals surface area contributed by atoms with Crippen molar-refractivity contribution in [2.24, 2.45) is 0 Å². The molecule has 2 rings (SSSR count). The van der Waals surface area contributed by atoms with Crippen LogP contribution in [0, 0.1) is 0 Å². The Balaban J connectivity index is 2.61.